The minimum atomic E-state index is 0.102. The van der Waals surface area contributed by atoms with Crippen LogP contribution in [0.4, 0.5) is 0 Å². The molecule has 1 saturated carbocycles. The van der Waals surface area contributed by atoms with Crippen LogP contribution >= 0.6 is 11.3 Å². The Labute approximate surface area is 116 Å². The standard InChI is InChI=1S/C14H19N3OS/c1-10-2-4-11(5-3-10)15-13(18)8-12-9-17-6-7-19-14(17)16-12/h6-7,9-11H,2-5,8H2,1H3,(H,15,18). The summed E-state index contributed by atoms with van der Waals surface area (Å²) in [4.78, 5) is 17.4. The zero-order valence-electron chi connectivity index (χ0n) is 11.1. The van der Waals surface area contributed by atoms with Crippen molar-refractivity contribution >= 4 is 22.2 Å². The van der Waals surface area contributed by atoms with Gasteiger partial charge in [-0.25, -0.2) is 4.98 Å². The molecule has 1 aliphatic carbocycles. The van der Waals surface area contributed by atoms with E-state index in [0.29, 0.717) is 12.5 Å². The molecule has 2 aromatic rings. The van der Waals surface area contributed by atoms with Crippen LogP contribution in [0.15, 0.2) is 17.8 Å². The van der Waals surface area contributed by atoms with E-state index < -0.39 is 0 Å². The second kappa shape index (κ2) is 5.33. The van der Waals surface area contributed by atoms with Crippen LogP contribution < -0.4 is 5.32 Å². The van der Waals surface area contributed by atoms with E-state index in [1.54, 1.807) is 11.3 Å². The lowest BCUT2D eigenvalue weighted by molar-refractivity contribution is -0.121. The number of rotatable bonds is 3. The van der Waals surface area contributed by atoms with Crippen molar-refractivity contribution in [2.24, 2.45) is 5.92 Å². The smallest absolute Gasteiger partial charge is 0.226 e. The third-order valence-corrected chi connectivity index (χ3v) is 4.64. The molecule has 0 atom stereocenters. The highest BCUT2D eigenvalue weighted by Crippen LogP contribution is 2.23. The summed E-state index contributed by atoms with van der Waals surface area (Å²) in [7, 11) is 0. The minimum Gasteiger partial charge on any atom is -0.353 e. The Hall–Kier alpha value is -1.36. The molecule has 2 aromatic heterocycles. The van der Waals surface area contributed by atoms with Gasteiger partial charge in [0.15, 0.2) is 4.96 Å². The maximum Gasteiger partial charge on any atom is 0.226 e. The summed E-state index contributed by atoms with van der Waals surface area (Å²) in [6.45, 7) is 2.29. The van der Waals surface area contributed by atoms with E-state index in [9.17, 15) is 4.79 Å². The second-order valence-corrected chi connectivity index (χ2v) is 6.40. The number of amides is 1. The molecular formula is C14H19N3OS. The Morgan fingerprint density at radius 1 is 1.47 bits per heavy atom. The van der Waals surface area contributed by atoms with Crippen molar-refractivity contribution in [1.82, 2.24) is 14.7 Å². The van der Waals surface area contributed by atoms with E-state index in [1.165, 1.54) is 12.8 Å². The fraction of sp³-hybridized carbons (Fsp3) is 0.571. The number of fused-ring (bicyclic) bond motifs is 1. The van der Waals surface area contributed by atoms with E-state index >= 15 is 0 Å². The Morgan fingerprint density at radius 3 is 3.00 bits per heavy atom. The van der Waals surface area contributed by atoms with Gasteiger partial charge in [0.05, 0.1) is 12.1 Å². The monoisotopic (exact) mass is 277 g/mol. The number of thiazole rings is 1. The third kappa shape index (κ3) is 2.97. The molecule has 1 aliphatic rings. The number of aromatic nitrogens is 2. The van der Waals surface area contributed by atoms with E-state index in [2.05, 4.69) is 17.2 Å². The van der Waals surface area contributed by atoms with Crippen molar-refractivity contribution in [2.75, 3.05) is 0 Å². The fourth-order valence-electron chi connectivity index (χ4n) is 2.71. The molecule has 0 radical (unpaired) electrons. The molecule has 1 fully saturated rings. The molecule has 0 spiro atoms. The predicted molar refractivity (Wildman–Crippen MR) is 76.3 cm³/mol. The molecule has 1 N–H and O–H groups in total. The van der Waals surface area contributed by atoms with Crippen LogP contribution in [-0.4, -0.2) is 21.3 Å². The largest absolute Gasteiger partial charge is 0.353 e. The number of nitrogens with zero attached hydrogens (tertiary/aromatic N) is 2. The lowest BCUT2D eigenvalue weighted by Gasteiger charge is -2.26. The molecule has 102 valence electrons. The van der Waals surface area contributed by atoms with Crippen molar-refractivity contribution in [3.63, 3.8) is 0 Å². The molecule has 0 aliphatic heterocycles. The van der Waals surface area contributed by atoms with Crippen LogP contribution in [0.1, 0.15) is 38.3 Å². The van der Waals surface area contributed by atoms with Gasteiger partial charge in [0.1, 0.15) is 0 Å². The SMILES string of the molecule is CC1CCC(NC(=O)Cc2cn3ccsc3n2)CC1. The Kier molecular flexibility index (Phi) is 3.55. The highest BCUT2D eigenvalue weighted by molar-refractivity contribution is 7.15. The highest BCUT2D eigenvalue weighted by Gasteiger charge is 2.20. The molecule has 19 heavy (non-hydrogen) atoms. The first-order valence-corrected chi connectivity index (χ1v) is 7.79. The van der Waals surface area contributed by atoms with Gasteiger partial charge in [-0.05, 0) is 31.6 Å². The number of nitrogens with one attached hydrogen (secondary N) is 1. The molecule has 4 nitrogen and oxygen atoms in total. The van der Waals surface area contributed by atoms with Crippen molar-refractivity contribution in [3.05, 3.63) is 23.5 Å². The molecular weight excluding hydrogens is 258 g/mol. The summed E-state index contributed by atoms with van der Waals surface area (Å²) in [5, 5.41) is 5.14. The predicted octanol–water partition coefficient (Wildman–Crippen LogP) is 2.63. The number of carbonyl (C=O) groups excluding carboxylic acids is 1. The van der Waals surface area contributed by atoms with Crippen LogP contribution in [-0.2, 0) is 11.2 Å². The van der Waals surface area contributed by atoms with Crippen LogP contribution in [0, 0.1) is 5.92 Å². The highest BCUT2D eigenvalue weighted by atomic mass is 32.1. The summed E-state index contributed by atoms with van der Waals surface area (Å²) in [6.07, 6.45) is 8.98. The van der Waals surface area contributed by atoms with Crippen molar-refractivity contribution in [2.45, 2.75) is 45.1 Å². The number of hydrogen-bond acceptors (Lipinski definition) is 3. The van der Waals surface area contributed by atoms with Gasteiger partial charge in [0, 0.05) is 23.8 Å². The summed E-state index contributed by atoms with van der Waals surface area (Å²) in [5.74, 6) is 0.915. The summed E-state index contributed by atoms with van der Waals surface area (Å²) in [5.41, 5.74) is 0.855. The second-order valence-electron chi connectivity index (χ2n) is 5.53. The average Bonchev–Trinajstić information content (AvgIpc) is 2.92. The third-order valence-electron chi connectivity index (χ3n) is 3.87. The zero-order valence-corrected chi connectivity index (χ0v) is 11.9. The topological polar surface area (TPSA) is 46.4 Å². The molecule has 3 rings (SSSR count). The number of imidazole rings is 1. The maximum atomic E-state index is 12.0. The van der Waals surface area contributed by atoms with Gasteiger partial charge in [0.25, 0.3) is 0 Å². The van der Waals surface area contributed by atoms with Gasteiger partial charge in [0.2, 0.25) is 5.91 Å². The van der Waals surface area contributed by atoms with Crippen molar-refractivity contribution in [1.29, 1.82) is 0 Å². The Morgan fingerprint density at radius 2 is 2.26 bits per heavy atom. The fourth-order valence-corrected chi connectivity index (χ4v) is 3.43. The van der Waals surface area contributed by atoms with Crippen LogP contribution in [0.25, 0.3) is 4.96 Å². The van der Waals surface area contributed by atoms with Crippen LogP contribution in [0.3, 0.4) is 0 Å². The first kappa shape index (κ1) is 12.7. The lowest BCUT2D eigenvalue weighted by atomic mass is 9.87. The van der Waals surface area contributed by atoms with E-state index in [1.807, 2.05) is 22.2 Å². The van der Waals surface area contributed by atoms with Gasteiger partial charge < -0.3 is 5.32 Å². The van der Waals surface area contributed by atoms with E-state index in [0.717, 1.165) is 29.4 Å². The number of carbonyl (C=O) groups is 1. The molecule has 1 amide bonds. The Bertz CT molecular complexity index is 538. The first-order valence-electron chi connectivity index (χ1n) is 6.91. The van der Waals surface area contributed by atoms with Gasteiger partial charge in [-0.1, -0.05) is 6.92 Å². The normalized spacial score (nSPS) is 23.6. The zero-order chi connectivity index (χ0) is 13.2. The molecule has 0 aromatic carbocycles. The van der Waals surface area contributed by atoms with Crippen LogP contribution in [0.2, 0.25) is 0 Å². The van der Waals surface area contributed by atoms with Gasteiger partial charge >= 0.3 is 0 Å². The minimum absolute atomic E-state index is 0.102. The van der Waals surface area contributed by atoms with Crippen LogP contribution in [0.5, 0.6) is 0 Å². The molecule has 0 saturated heterocycles. The average molecular weight is 277 g/mol. The van der Waals surface area contributed by atoms with Crippen molar-refractivity contribution in [3.8, 4) is 0 Å². The summed E-state index contributed by atoms with van der Waals surface area (Å²) in [6, 6.07) is 0.368. The van der Waals surface area contributed by atoms with E-state index in [4.69, 9.17) is 0 Å². The molecule has 2 heterocycles. The molecule has 0 unspecified atom stereocenters. The summed E-state index contributed by atoms with van der Waals surface area (Å²) < 4.78 is 1.97. The van der Waals surface area contributed by atoms with Gasteiger partial charge in [-0.2, -0.15) is 0 Å². The Balaban J connectivity index is 1.55. The van der Waals surface area contributed by atoms with Gasteiger partial charge in [-0.15, -0.1) is 11.3 Å². The van der Waals surface area contributed by atoms with Gasteiger partial charge in [-0.3, -0.25) is 9.20 Å². The van der Waals surface area contributed by atoms with E-state index in [-0.39, 0.29) is 5.91 Å². The lowest BCUT2D eigenvalue weighted by Crippen LogP contribution is -2.38. The first-order chi connectivity index (χ1) is 9.20. The molecule has 0 bridgehead atoms. The maximum absolute atomic E-state index is 12.0. The number of hydrogen-bond donors (Lipinski definition) is 1. The quantitative estimate of drug-likeness (QED) is 0.937. The van der Waals surface area contributed by atoms with Crippen molar-refractivity contribution < 1.29 is 4.79 Å². The summed E-state index contributed by atoms with van der Waals surface area (Å²) >= 11 is 1.59. The molecule has 5 heteroatoms.